The van der Waals surface area contributed by atoms with E-state index in [9.17, 15) is 9.59 Å². The molecule has 6 nitrogen and oxygen atoms in total. The van der Waals surface area contributed by atoms with Crippen molar-refractivity contribution < 1.29 is 9.59 Å². The van der Waals surface area contributed by atoms with Crippen LogP contribution >= 0.6 is 0 Å². The van der Waals surface area contributed by atoms with Gasteiger partial charge in [0.2, 0.25) is 5.91 Å². The van der Waals surface area contributed by atoms with E-state index in [1.54, 1.807) is 18.7 Å². The van der Waals surface area contributed by atoms with Gasteiger partial charge in [-0.25, -0.2) is 4.98 Å². The van der Waals surface area contributed by atoms with Gasteiger partial charge >= 0.3 is 0 Å². The Morgan fingerprint density at radius 2 is 2.00 bits per heavy atom. The van der Waals surface area contributed by atoms with Crippen LogP contribution in [0.2, 0.25) is 0 Å². The number of fused-ring (bicyclic) bond motifs is 1. The first-order valence-electron chi connectivity index (χ1n) is 6.82. The molecule has 108 valence electrons. The van der Waals surface area contributed by atoms with Crippen LogP contribution in [0.4, 0.5) is 0 Å². The Balaban J connectivity index is 1.98. The van der Waals surface area contributed by atoms with E-state index >= 15 is 0 Å². The Morgan fingerprint density at radius 1 is 1.29 bits per heavy atom. The zero-order valence-electron chi connectivity index (χ0n) is 12.0. The second-order valence-corrected chi connectivity index (χ2v) is 5.52. The Hall–Kier alpha value is -2.50. The normalized spacial score (nSPS) is 17.6. The lowest BCUT2D eigenvalue weighted by Gasteiger charge is -2.40. The highest BCUT2D eigenvalue weighted by atomic mass is 16.2. The Labute approximate surface area is 122 Å². The van der Waals surface area contributed by atoms with Gasteiger partial charge in [-0.05, 0) is 26.0 Å². The molecule has 0 unspecified atom stereocenters. The van der Waals surface area contributed by atoms with E-state index < -0.39 is 5.54 Å². The van der Waals surface area contributed by atoms with Crippen LogP contribution in [-0.4, -0.2) is 45.3 Å². The molecular formula is C15H16N4O2. The molecule has 0 spiro atoms. The molecule has 1 aliphatic heterocycles. The van der Waals surface area contributed by atoms with Crippen LogP contribution in [0.5, 0.6) is 0 Å². The van der Waals surface area contributed by atoms with Crippen LogP contribution in [0.1, 0.15) is 24.3 Å². The number of amides is 2. The van der Waals surface area contributed by atoms with Crippen molar-refractivity contribution in [1.82, 2.24) is 20.2 Å². The summed E-state index contributed by atoms with van der Waals surface area (Å²) in [4.78, 5) is 34.7. The van der Waals surface area contributed by atoms with Crippen molar-refractivity contribution in [1.29, 1.82) is 0 Å². The quantitative estimate of drug-likeness (QED) is 0.847. The van der Waals surface area contributed by atoms with Gasteiger partial charge < -0.3 is 10.2 Å². The van der Waals surface area contributed by atoms with E-state index in [0.29, 0.717) is 18.6 Å². The second-order valence-electron chi connectivity index (χ2n) is 5.52. The topological polar surface area (TPSA) is 75.2 Å². The fourth-order valence-corrected chi connectivity index (χ4v) is 2.45. The largest absolute Gasteiger partial charge is 0.352 e. The van der Waals surface area contributed by atoms with E-state index in [1.165, 1.54) is 6.20 Å². The van der Waals surface area contributed by atoms with E-state index in [1.807, 2.05) is 24.3 Å². The summed E-state index contributed by atoms with van der Waals surface area (Å²) < 4.78 is 0. The Kier molecular flexibility index (Phi) is 3.08. The molecule has 1 N–H and O–H groups in total. The van der Waals surface area contributed by atoms with Crippen LogP contribution in [0, 0.1) is 0 Å². The zero-order valence-corrected chi connectivity index (χ0v) is 12.0. The number of hydrogen-bond acceptors (Lipinski definition) is 4. The number of carbonyl (C=O) groups excluding carboxylic acids is 2. The first kappa shape index (κ1) is 13.5. The summed E-state index contributed by atoms with van der Waals surface area (Å²) in [6.45, 7) is 4.38. The molecule has 0 radical (unpaired) electrons. The number of benzene rings is 1. The average Bonchev–Trinajstić information content (AvgIpc) is 2.49. The molecular weight excluding hydrogens is 268 g/mol. The lowest BCUT2D eigenvalue weighted by atomic mass is 9.98. The summed E-state index contributed by atoms with van der Waals surface area (Å²) in [5.74, 6) is -0.427. The molecule has 2 aromatic rings. The minimum Gasteiger partial charge on any atom is -0.352 e. The van der Waals surface area contributed by atoms with Crippen LogP contribution in [0.15, 0.2) is 30.5 Å². The molecule has 1 aliphatic rings. The maximum absolute atomic E-state index is 12.6. The minimum absolute atomic E-state index is 0.157. The predicted octanol–water partition coefficient (Wildman–Crippen LogP) is 0.980. The van der Waals surface area contributed by atoms with E-state index in [-0.39, 0.29) is 17.5 Å². The van der Waals surface area contributed by atoms with Gasteiger partial charge in [-0.2, -0.15) is 0 Å². The molecule has 1 aromatic carbocycles. The number of hydrogen-bond donors (Lipinski definition) is 1. The summed E-state index contributed by atoms with van der Waals surface area (Å²) >= 11 is 0. The zero-order chi connectivity index (χ0) is 15.0. The fraction of sp³-hybridized carbons (Fsp3) is 0.333. The summed E-state index contributed by atoms with van der Waals surface area (Å²) in [5.41, 5.74) is 0.784. The molecule has 0 aliphatic carbocycles. The SMILES string of the molecule is CC1(C)C(=O)NCCN1C(=O)c1cnc2ccccc2n1. The molecule has 1 aromatic heterocycles. The molecule has 0 bridgehead atoms. The molecule has 21 heavy (non-hydrogen) atoms. The van der Waals surface area contributed by atoms with Gasteiger partial charge in [0, 0.05) is 13.1 Å². The third-order valence-corrected chi connectivity index (χ3v) is 3.76. The van der Waals surface area contributed by atoms with Crippen LogP contribution < -0.4 is 5.32 Å². The number of para-hydroxylation sites is 2. The van der Waals surface area contributed by atoms with Crippen molar-refractivity contribution in [3.63, 3.8) is 0 Å². The number of nitrogens with zero attached hydrogens (tertiary/aromatic N) is 3. The Bertz CT molecular complexity index is 726. The predicted molar refractivity (Wildman–Crippen MR) is 77.7 cm³/mol. The standard InChI is InChI=1S/C15H16N4O2/c1-15(2)14(21)16-7-8-19(15)13(20)12-9-17-10-5-3-4-6-11(10)18-12/h3-6,9H,7-8H2,1-2H3,(H,16,21). The highest BCUT2D eigenvalue weighted by Gasteiger charge is 2.41. The van der Waals surface area contributed by atoms with Crippen LogP contribution in [0.3, 0.4) is 0 Å². The molecule has 6 heteroatoms. The van der Waals surface area contributed by atoms with Gasteiger partial charge in [-0.15, -0.1) is 0 Å². The van der Waals surface area contributed by atoms with Gasteiger partial charge in [-0.1, -0.05) is 12.1 Å². The average molecular weight is 284 g/mol. The van der Waals surface area contributed by atoms with Crippen molar-refractivity contribution in [2.45, 2.75) is 19.4 Å². The minimum atomic E-state index is -0.886. The maximum Gasteiger partial charge on any atom is 0.275 e. The monoisotopic (exact) mass is 284 g/mol. The summed E-state index contributed by atoms with van der Waals surface area (Å²) in [6.07, 6.45) is 1.47. The van der Waals surface area contributed by atoms with Crippen molar-refractivity contribution in [2.24, 2.45) is 0 Å². The molecule has 1 saturated heterocycles. The molecule has 1 fully saturated rings. The van der Waals surface area contributed by atoms with Crippen molar-refractivity contribution >= 4 is 22.8 Å². The van der Waals surface area contributed by atoms with Crippen molar-refractivity contribution in [3.05, 3.63) is 36.2 Å². The molecule has 2 heterocycles. The summed E-state index contributed by atoms with van der Waals surface area (Å²) in [7, 11) is 0. The molecule has 3 rings (SSSR count). The number of aromatic nitrogens is 2. The van der Waals surface area contributed by atoms with Crippen molar-refractivity contribution in [2.75, 3.05) is 13.1 Å². The molecule has 0 saturated carbocycles. The summed E-state index contributed by atoms with van der Waals surface area (Å²) in [6, 6.07) is 7.38. The first-order chi connectivity index (χ1) is 10.00. The molecule has 2 amide bonds. The van der Waals surface area contributed by atoms with Gasteiger partial charge in [0.05, 0.1) is 17.2 Å². The first-order valence-corrected chi connectivity index (χ1v) is 6.82. The number of nitrogens with one attached hydrogen (secondary N) is 1. The van der Waals surface area contributed by atoms with E-state index in [2.05, 4.69) is 15.3 Å². The Morgan fingerprint density at radius 3 is 2.76 bits per heavy atom. The number of carbonyl (C=O) groups is 2. The summed E-state index contributed by atoms with van der Waals surface area (Å²) in [5, 5.41) is 2.77. The third-order valence-electron chi connectivity index (χ3n) is 3.76. The van der Waals surface area contributed by atoms with Gasteiger partial charge in [0.1, 0.15) is 11.2 Å². The smallest absolute Gasteiger partial charge is 0.275 e. The second kappa shape index (κ2) is 4.80. The van der Waals surface area contributed by atoms with Crippen LogP contribution in [0.25, 0.3) is 11.0 Å². The lowest BCUT2D eigenvalue weighted by Crippen LogP contribution is -2.63. The van der Waals surface area contributed by atoms with Gasteiger partial charge in [-0.3, -0.25) is 14.6 Å². The number of piperazine rings is 1. The van der Waals surface area contributed by atoms with Crippen LogP contribution in [-0.2, 0) is 4.79 Å². The molecule has 0 atom stereocenters. The number of rotatable bonds is 1. The van der Waals surface area contributed by atoms with Gasteiger partial charge in [0.15, 0.2) is 0 Å². The third kappa shape index (κ3) is 2.22. The van der Waals surface area contributed by atoms with E-state index in [0.717, 1.165) is 5.52 Å². The lowest BCUT2D eigenvalue weighted by molar-refractivity contribution is -0.133. The van der Waals surface area contributed by atoms with Gasteiger partial charge in [0.25, 0.3) is 5.91 Å². The van der Waals surface area contributed by atoms with Crippen molar-refractivity contribution in [3.8, 4) is 0 Å². The highest BCUT2D eigenvalue weighted by molar-refractivity contribution is 5.99. The van der Waals surface area contributed by atoms with E-state index in [4.69, 9.17) is 0 Å². The highest BCUT2D eigenvalue weighted by Crippen LogP contribution is 2.20. The maximum atomic E-state index is 12.6. The fourth-order valence-electron chi connectivity index (χ4n) is 2.45.